The largest absolute Gasteiger partial charge is 0.457 e. The summed E-state index contributed by atoms with van der Waals surface area (Å²) in [5.41, 5.74) is 4.33. The summed E-state index contributed by atoms with van der Waals surface area (Å²) in [5, 5.41) is 9.05. The van der Waals surface area contributed by atoms with Crippen molar-refractivity contribution in [3.63, 3.8) is 0 Å². The van der Waals surface area contributed by atoms with E-state index in [0.717, 1.165) is 24.2 Å². The minimum atomic E-state index is -0.379. The van der Waals surface area contributed by atoms with Gasteiger partial charge in [0.1, 0.15) is 11.5 Å². The molecule has 10 nitrogen and oxygen atoms in total. The normalized spacial score (nSPS) is 18.3. The number of aryl methyl sites for hydroxylation is 2. The van der Waals surface area contributed by atoms with Crippen molar-refractivity contribution in [1.29, 1.82) is 0 Å². The highest BCUT2D eigenvalue weighted by Crippen LogP contribution is 2.40. The lowest BCUT2D eigenvalue weighted by Gasteiger charge is -2.35. The summed E-state index contributed by atoms with van der Waals surface area (Å²) in [4.78, 5) is 47.8. The summed E-state index contributed by atoms with van der Waals surface area (Å²) in [6, 6.07) is 16.0. The van der Waals surface area contributed by atoms with Gasteiger partial charge >= 0.3 is 6.03 Å². The molecule has 1 fully saturated rings. The maximum absolute atomic E-state index is 13.7. The van der Waals surface area contributed by atoms with Crippen LogP contribution >= 0.6 is 0 Å². The summed E-state index contributed by atoms with van der Waals surface area (Å²) in [6.07, 6.45) is 3.23. The average Bonchev–Trinajstić information content (AvgIpc) is 3.01. The third kappa shape index (κ3) is 6.24. The number of urea groups is 1. The van der Waals surface area contributed by atoms with Crippen LogP contribution in [0.3, 0.4) is 0 Å². The molecule has 0 radical (unpaired) electrons. The third-order valence-corrected chi connectivity index (χ3v) is 8.02. The standard InChI is InChI=1S/C33H38N6O4/c1-20-18-26(43-25-11-7-6-8-12-25)13-14-27(20)39-28-15-16-35-22(3)29(28)30(37-33(39)42)21(2)31(40)36-24-10-9-17-38(19-24)32(41)23(4)34-5/h6-8,11-16,18,23-24,34H,9-10,17,19H2,1-5H3,(H,36,40)(H,37,42)/b30-21-/t23?,24-/m1/s1. The molecule has 2 aromatic carbocycles. The number of amides is 4. The topological polar surface area (TPSA) is 116 Å². The molecular weight excluding hydrogens is 544 g/mol. The van der Waals surface area contributed by atoms with Crippen LogP contribution in [0.5, 0.6) is 11.5 Å². The van der Waals surface area contributed by atoms with Crippen molar-refractivity contribution in [2.45, 2.75) is 52.6 Å². The smallest absolute Gasteiger partial charge is 0.331 e. The van der Waals surface area contributed by atoms with Gasteiger partial charge < -0.3 is 25.6 Å². The zero-order chi connectivity index (χ0) is 30.7. The molecule has 3 aromatic rings. The number of rotatable bonds is 7. The van der Waals surface area contributed by atoms with Gasteiger partial charge in [-0.25, -0.2) is 4.79 Å². The Kier molecular flexibility index (Phi) is 8.77. The predicted molar refractivity (Wildman–Crippen MR) is 166 cm³/mol. The minimum absolute atomic E-state index is 0.0155. The number of anilines is 2. The molecular formula is C33H38N6O4. The van der Waals surface area contributed by atoms with Gasteiger partial charge in [0.15, 0.2) is 0 Å². The summed E-state index contributed by atoms with van der Waals surface area (Å²) >= 11 is 0. The number of pyridine rings is 1. The van der Waals surface area contributed by atoms with Gasteiger partial charge in [-0.1, -0.05) is 18.2 Å². The second-order valence-electron chi connectivity index (χ2n) is 11.0. The molecule has 2 atom stereocenters. The van der Waals surface area contributed by atoms with Crippen LogP contribution in [-0.4, -0.2) is 60.0 Å². The quantitative estimate of drug-likeness (QED) is 0.345. The highest BCUT2D eigenvalue weighted by Gasteiger charge is 2.34. The lowest BCUT2D eigenvalue weighted by atomic mass is 9.99. The van der Waals surface area contributed by atoms with Gasteiger partial charge in [-0.3, -0.25) is 19.5 Å². The Morgan fingerprint density at radius 3 is 2.56 bits per heavy atom. The van der Waals surface area contributed by atoms with Crippen LogP contribution in [0, 0.1) is 13.8 Å². The monoisotopic (exact) mass is 582 g/mol. The van der Waals surface area contributed by atoms with Crippen LogP contribution in [0.15, 0.2) is 66.4 Å². The zero-order valence-corrected chi connectivity index (χ0v) is 25.2. The maximum Gasteiger partial charge on any atom is 0.331 e. The van der Waals surface area contributed by atoms with Crippen molar-refractivity contribution in [2.24, 2.45) is 0 Å². The molecule has 0 bridgehead atoms. The molecule has 10 heteroatoms. The van der Waals surface area contributed by atoms with Gasteiger partial charge in [0, 0.05) is 42.2 Å². The molecule has 0 spiro atoms. The number of ether oxygens (including phenoxy) is 1. The van der Waals surface area contributed by atoms with Crippen LogP contribution in [0.25, 0.3) is 5.70 Å². The average molecular weight is 583 g/mol. The van der Waals surface area contributed by atoms with E-state index in [1.54, 1.807) is 36.0 Å². The van der Waals surface area contributed by atoms with Gasteiger partial charge in [-0.05, 0) is 89.5 Å². The fraction of sp³-hybridized carbons (Fsp3) is 0.333. The number of nitrogens with one attached hydrogen (secondary N) is 3. The number of carbonyl (C=O) groups is 3. The highest BCUT2D eigenvalue weighted by atomic mass is 16.5. The lowest BCUT2D eigenvalue weighted by Crippen LogP contribution is -2.53. The number of likely N-dealkylation sites (tertiary alicyclic amines) is 1. The van der Waals surface area contributed by atoms with E-state index >= 15 is 0 Å². The van der Waals surface area contributed by atoms with Crippen molar-refractivity contribution in [2.75, 3.05) is 25.0 Å². The van der Waals surface area contributed by atoms with E-state index < -0.39 is 0 Å². The number of benzene rings is 2. The molecule has 1 unspecified atom stereocenters. The third-order valence-electron chi connectivity index (χ3n) is 8.02. The Labute approximate surface area is 252 Å². The molecule has 3 heterocycles. The van der Waals surface area contributed by atoms with Crippen LogP contribution in [0.4, 0.5) is 16.2 Å². The van der Waals surface area contributed by atoms with Gasteiger partial charge in [0.25, 0.3) is 0 Å². The second-order valence-corrected chi connectivity index (χ2v) is 11.0. The number of piperidine rings is 1. The maximum atomic E-state index is 13.7. The number of likely N-dealkylation sites (N-methyl/N-ethyl adjacent to an activating group) is 1. The zero-order valence-electron chi connectivity index (χ0n) is 25.2. The number of fused-ring (bicyclic) bond motifs is 1. The SMILES string of the molecule is CNC(C)C(=O)N1CCC[C@@H](NC(=O)/C(C)=C2\NC(=O)N(c3ccc(Oc4ccccc4)cc3C)c3ccnc(C)c32)C1. The van der Waals surface area contributed by atoms with Gasteiger partial charge in [-0.15, -0.1) is 0 Å². The summed E-state index contributed by atoms with van der Waals surface area (Å²) in [7, 11) is 1.76. The molecule has 43 heavy (non-hydrogen) atoms. The highest BCUT2D eigenvalue weighted by molar-refractivity contribution is 6.14. The molecule has 1 aromatic heterocycles. The van der Waals surface area contributed by atoms with E-state index in [9.17, 15) is 14.4 Å². The molecule has 1 saturated heterocycles. The Morgan fingerprint density at radius 2 is 1.84 bits per heavy atom. The lowest BCUT2D eigenvalue weighted by molar-refractivity contribution is -0.135. The van der Waals surface area contributed by atoms with Gasteiger partial charge in [0.2, 0.25) is 11.8 Å². The number of nitrogens with zero attached hydrogens (tertiary/aromatic N) is 3. The number of hydrogen-bond acceptors (Lipinski definition) is 6. The van der Waals surface area contributed by atoms with E-state index in [-0.39, 0.29) is 29.9 Å². The van der Waals surface area contributed by atoms with Crippen molar-refractivity contribution in [3.8, 4) is 11.5 Å². The number of aromatic nitrogens is 1. The second kappa shape index (κ2) is 12.7. The fourth-order valence-electron chi connectivity index (χ4n) is 5.57. The van der Waals surface area contributed by atoms with E-state index in [1.807, 2.05) is 69.3 Å². The fourth-order valence-corrected chi connectivity index (χ4v) is 5.57. The van der Waals surface area contributed by atoms with Crippen LogP contribution in [0.1, 0.15) is 43.5 Å². The minimum Gasteiger partial charge on any atom is -0.457 e. The van der Waals surface area contributed by atoms with Crippen LogP contribution < -0.4 is 25.6 Å². The molecule has 224 valence electrons. The molecule has 2 aliphatic heterocycles. The molecule has 3 N–H and O–H groups in total. The Morgan fingerprint density at radius 1 is 1.07 bits per heavy atom. The van der Waals surface area contributed by atoms with Gasteiger partial charge in [0.05, 0.1) is 23.1 Å². The predicted octanol–water partition coefficient (Wildman–Crippen LogP) is 4.80. The summed E-state index contributed by atoms with van der Waals surface area (Å²) in [6.45, 7) is 8.42. The Balaban J connectivity index is 1.41. The first-order valence-electron chi connectivity index (χ1n) is 14.6. The molecule has 5 rings (SSSR count). The number of carbonyl (C=O) groups excluding carboxylic acids is 3. The molecule has 0 saturated carbocycles. The van der Waals surface area contributed by atoms with Crippen LogP contribution in [0.2, 0.25) is 0 Å². The van der Waals surface area contributed by atoms with E-state index in [1.165, 1.54) is 0 Å². The Bertz CT molecular complexity index is 1570. The van der Waals surface area contributed by atoms with Crippen molar-refractivity contribution in [1.82, 2.24) is 25.8 Å². The summed E-state index contributed by atoms with van der Waals surface area (Å²) in [5.74, 6) is 1.10. The number of hydrogen-bond donors (Lipinski definition) is 3. The van der Waals surface area contributed by atoms with Crippen LogP contribution in [-0.2, 0) is 9.59 Å². The first-order valence-corrected chi connectivity index (χ1v) is 14.6. The summed E-state index contributed by atoms with van der Waals surface area (Å²) < 4.78 is 5.99. The first kappa shape index (κ1) is 29.8. The van der Waals surface area contributed by atoms with Crippen molar-refractivity contribution >= 4 is 34.9 Å². The van der Waals surface area contributed by atoms with E-state index in [0.29, 0.717) is 52.7 Å². The molecule has 4 amide bonds. The van der Waals surface area contributed by atoms with E-state index in [4.69, 9.17) is 4.74 Å². The first-order chi connectivity index (χ1) is 20.7. The number of para-hydroxylation sites is 1. The molecule has 2 aliphatic rings. The van der Waals surface area contributed by atoms with Gasteiger partial charge in [-0.2, -0.15) is 0 Å². The Hall–Kier alpha value is -4.70. The molecule has 0 aliphatic carbocycles. The van der Waals surface area contributed by atoms with Crippen molar-refractivity contribution < 1.29 is 19.1 Å². The van der Waals surface area contributed by atoms with E-state index in [2.05, 4.69) is 20.9 Å². The van der Waals surface area contributed by atoms with Crippen molar-refractivity contribution in [3.05, 3.63) is 83.2 Å².